The molecule has 0 amide bonds. The topological polar surface area (TPSA) is 88.2 Å². The van der Waals surface area contributed by atoms with E-state index >= 15 is 0 Å². The van der Waals surface area contributed by atoms with Crippen LogP contribution in [-0.2, 0) is 4.79 Å². The monoisotopic (exact) mass is 305 g/mol. The number of hydrogen-bond acceptors (Lipinski definition) is 5. The van der Waals surface area contributed by atoms with Crippen molar-refractivity contribution in [2.75, 3.05) is 11.1 Å². The molecule has 2 aromatic rings. The number of aromatic nitrogens is 1. The van der Waals surface area contributed by atoms with Gasteiger partial charge in [0.2, 0.25) is 0 Å². The standard InChI is InChI=1S/C15H19N3O2S/c16-11-8-17-12-5-6-21-15(12)14(11)18-10-3-1-9(2-4-10)7-13(19)20/h5-6,8-10H,1-4,7,16H2,(H,17,18)(H,19,20). The van der Waals surface area contributed by atoms with Gasteiger partial charge in [0.1, 0.15) is 0 Å². The highest BCUT2D eigenvalue weighted by molar-refractivity contribution is 7.17. The molecule has 4 N–H and O–H groups in total. The number of anilines is 2. The summed E-state index contributed by atoms with van der Waals surface area (Å²) in [6, 6.07) is 2.36. The first-order valence-electron chi connectivity index (χ1n) is 7.23. The Morgan fingerprint density at radius 3 is 2.90 bits per heavy atom. The molecule has 0 aliphatic heterocycles. The Morgan fingerprint density at radius 2 is 2.19 bits per heavy atom. The molecule has 0 aromatic carbocycles. The molecule has 2 aromatic heterocycles. The highest BCUT2D eigenvalue weighted by atomic mass is 32.1. The van der Waals surface area contributed by atoms with Crippen molar-refractivity contribution < 1.29 is 9.90 Å². The lowest BCUT2D eigenvalue weighted by Crippen LogP contribution is -2.27. The zero-order valence-electron chi connectivity index (χ0n) is 11.7. The van der Waals surface area contributed by atoms with Gasteiger partial charge in [-0.2, -0.15) is 0 Å². The Balaban J connectivity index is 1.68. The van der Waals surface area contributed by atoms with E-state index in [1.165, 1.54) is 0 Å². The highest BCUT2D eigenvalue weighted by Gasteiger charge is 2.23. The Hall–Kier alpha value is -1.82. The number of hydrogen-bond donors (Lipinski definition) is 3. The number of carbonyl (C=O) groups is 1. The van der Waals surface area contributed by atoms with Gasteiger partial charge in [-0.05, 0) is 43.0 Å². The van der Waals surface area contributed by atoms with E-state index in [1.807, 2.05) is 11.4 Å². The van der Waals surface area contributed by atoms with Gasteiger partial charge in [0.15, 0.2) is 0 Å². The van der Waals surface area contributed by atoms with Crippen molar-refractivity contribution in [3.63, 3.8) is 0 Å². The lowest BCUT2D eigenvalue weighted by molar-refractivity contribution is -0.138. The lowest BCUT2D eigenvalue weighted by Gasteiger charge is -2.29. The molecule has 1 aliphatic carbocycles. The van der Waals surface area contributed by atoms with Crippen LogP contribution in [0, 0.1) is 5.92 Å². The molecule has 0 unspecified atom stereocenters. The van der Waals surface area contributed by atoms with E-state index in [1.54, 1.807) is 17.5 Å². The first-order valence-corrected chi connectivity index (χ1v) is 8.11. The Kier molecular flexibility index (Phi) is 3.96. The van der Waals surface area contributed by atoms with Crippen molar-refractivity contribution in [3.05, 3.63) is 17.6 Å². The minimum absolute atomic E-state index is 0.291. The van der Waals surface area contributed by atoms with Gasteiger partial charge in [-0.25, -0.2) is 0 Å². The summed E-state index contributed by atoms with van der Waals surface area (Å²) < 4.78 is 1.10. The summed E-state index contributed by atoms with van der Waals surface area (Å²) >= 11 is 1.64. The molecule has 112 valence electrons. The number of carboxylic acids is 1. The van der Waals surface area contributed by atoms with Crippen molar-refractivity contribution in [1.29, 1.82) is 0 Å². The predicted molar refractivity (Wildman–Crippen MR) is 85.7 cm³/mol. The fourth-order valence-electron chi connectivity index (χ4n) is 3.04. The fraction of sp³-hybridized carbons (Fsp3) is 0.467. The number of nitrogens with zero attached hydrogens (tertiary/aromatic N) is 1. The summed E-state index contributed by atoms with van der Waals surface area (Å²) in [4.78, 5) is 15.1. The van der Waals surface area contributed by atoms with Crippen LogP contribution in [0.1, 0.15) is 32.1 Å². The van der Waals surface area contributed by atoms with Gasteiger partial charge in [-0.3, -0.25) is 9.78 Å². The van der Waals surface area contributed by atoms with Gasteiger partial charge in [0.25, 0.3) is 0 Å². The summed E-state index contributed by atoms with van der Waals surface area (Å²) in [7, 11) is 0. The number of carboxylic acid groups (broad SMARTS) is 1. The molecule has 6 heteroatoms. The third-order valence-electron chi connectivity index (χ3n) is 4.16. The zero-order chi connectivity index (χ0) is 14.8. The molecule has 0 radical (unpaired) electrons. The Labute approximate surface area is 127 Å². The predicted octanol–water partition coefficient (Wildman–Crippen LogP) is 3.32. The van der Waals surface area contributed by atoms with E-state index in [2.05, 4.69) is 10.3 Å². The van der Waals surface area contributed by atoms with Crippen LogP contribution in [0.25, 0.3) is 10.2 Å². The highest BCUT2D eigenvalue weighted by Crippen LogP contribution is 2.35. The van der Waals surface area contributed by atoms with Crippen LogP contribution in [-0.4, -0.2) is 22.1 Å². The van der Waals surface area contributed by atoms with E-state index in [-0.39, 0.29) is 0 Å². The van der Waals surface area contributed by atoms with E-state index in [4.69, 9.17) is 10.8 Å². The molecule has 1 fully saturated rings. The second-order valence-electron chi connectivity index (χ2n) is 5.68. The van der Waals surface area contributed by atoms with Crippen LogP contribution in [0.15, 0.2) is 17.6 Å². The minimum Gasteiger partial charge on any atom is -0.481 e. The summed E-state index contributed by atoms with van der Waals surface area (Å²) in [6.07, 6.45) is 5.90. The van der Waals surface area contributed by atoms with Crippen LogP contribution in [0.4, 0.5) is 11.4 Å². The van der Waals surface area contributed by atoms with Crippen molar-refractivity contribution in [1.82, 2.24) is 4.98 Å². The Morgan fingerprint density at radius 1 is 1.43 bits per heavy atom. The maximum absolute atomic E-state index is 10.8. The molecule has 21 heavy (non-hydrogen) atoms. The lowest BCUT2D eigenvalue weighted by atomic mass is 9.84. The molecule has 5 nitrogen and oxygen atoms in total. The number of nitrogens with one attached hydrogen (secondary N) is 1. The van der Waals surface area contributed by atoms with Gasteiger partial charge in [-0.1, -0.05) is 0 Å². The fourth-order valence-corrected chi connectivity index (χ4v) is 3.91. The number of rotatable bonds is 4. The summed E-state index contributed by atoms with van der Waals surface area (Å²) in [5.74, 6) is -0.373. The van der Waals surface area contributed by atoms with E-state index in [0.29, 0.717) is 24.1 Å². The number of fused-ring (bicyclic) bond motifs is 1. The SMILES string of the molecule is Nc1cnc2ccsc2c1NC1CCC(CC(=O)O)CC1. The molecule has 1 saturated carbocycles. The first-order chi connectivity index (χ1) is 10.1. The van der Waals surface area contributed by atoms with Crippen LogP contribution >= 0.6 is 11.3 Å². The van der Waals surface area contributed by atoms with Crippen LogP contribution < -0.4 is 11.1 Å². The third-order valence-corrected chi connectivity index (χ3v) is 5.08. The van der Waals surface area contributed by atoms with Crippen molar-refractivity contribution in [3.8, 4) is 0 Å². The number of thiophene rings is 1. The maximum atomic E-state index is 10.8. The summed E-state index contributed by atoms with van der Waals surface area (Å²) in [5.41, 5.74) is 8.69. The van der Waals surface area contributed by atoms with Gasteiger partial charge in [-0.15, -0.1) is 11.3 Å². The number of nitrogen functional groups attached to an aromatic ring is 1. The quantitative estimate of drug-likeness (QED) is 0.806. The van der Waals surface area contributed by atoms with Crippen LogP contribution in [0.2, 0.25) is 0 Å². The van der Waals surface area contributed by atoms with Crippen molar-refractivity contribution in [2.45, 2.75) is 38.1 Å². The largest absolute Gasteiger partial charge is 0.481 e. The second kappa shape index (κ2) is 5.89. The smallest absolute Gasteiger partial charge is 0.303 e. The van der Waals surface area contributed by atoms with Gasteiger partial charge in [0, 0.05) is 12.5 Å². The molecule has 0 spiro atoms. The van der Waals surface area contributed by atoms with Gasteiger partial charge < -0.3 is 16.2 Å². The van der Waals surface area contributed by atoms with Crippen molar-refractivity contribution in [2.24, 2.45) is 5.92 Å². The van der Waals surface area contributed by atoms with E-state index in [9.17, 15) is 4.79 Å². The second-order valence-corrected chi connectivity index (χ2v) is 6.60. The number of pyridine rings is 1. The normalized spacial score (nSPS) is 22.3. The Bertz CT molecular complexity index is 647. The molecular formula is C15H19N3O2S. The van der Waals surface area contributed by atoms with E-state index in [0.717, 1.165) is 41.6 Å². The molecule has 1 aliphatic rings. The zero-order valence-corrected chi connectivity index (χ0v) is 12.5. The van der Waals surface area contributed by atoms with Crippen LogP contribution in [0.5, 0.6) is 0 Å². The van der Waals surface area contributed by atoms with Crippen molar-refractivity contribution >= 4 is 38.9 Å². The summed E-state index contributed by atoms with van der Waals surface area (Å²) in [6.45, 7) is 0. The van der Waals surface area contributed by atoms with Gasteiger partial charge >= 0.3 is 5.97 Å². The minimum atomic E-state index is -0.690. The van der Waals surface area contributed by atoms with E-state index < -0.39 is 5.97 Å². The molecule has 3 rings (SSSR count). The average Bonchev–Trinajstić information content (AvgIpc) is 2.92. The van der Waals surface area contributed by atoms with Gasteiger partial charge in [0.05, 0.1) is 27.8 Å². The summed E-state index contributed by atoms with van der Waals surface area (Å²) in [5, 5.41) is 14.4. The number of aliphatic carboxylic acids is 1. The molecular weight excluding hydrogens is 286 g/mol. The molecule has 2 heterocycles. The maximum Gasteiger partial charge on any atom is 0.303 e. The van der Waals surface area contributed by atoms with Crippen LogP contribution in [0.3, 0.4) is 0 Å². The first kappa shape index (κ1) is 14.1. The number of nitrogens with two attached hydrogens (primary N) is 1. The molecule has 0 saturated heterocycles. The molecule has 0 bridgehead atoms. The molecule has 0 atom stereocenters. The average molecular weight is 305 g/mol. The third kappa shape index (κ3) is 3.10.